The van der Waals surface area contributed by atoms with Crippen molar-refractivity contribution in [1.29, 1.82) is 0 Å². The van der Waals surface area contributed by atoms with Crippen molar-refractivity contribution >= 4 is 12.4 Å². The largest absolute Gasteiger partial charge is 0.489 e. The second kappa shape index (κ2) is 7.86. The highest BCUT2D eigenvalue weighted by molar-refractivity contribution is 6.66. The highest BCUT2D eigenvalue weighted by Gasteiger charge is 2.10. The Bertz CT molecular complexity index is 540. The van der Waals surface area contributed by atoms with E-state index in [2.05, 4.69) is 43.3 Å². The molecule has 0 unspecified atom stereocenters. The quantitative estimate of drug-likeness (QED) is 0.793. The van der Waals surface area contributed by atoms with Crippen molar-refractivity contribution in [3.05, 3.63) is 59.7 Å². The molecule has 0 aliphatic rings. The van der Waals surface area contributed by atoms with E-state index in [0.29, 0.717) is 19.8 Å². The van der Waals surface area contributed by atoms with Crippen molar-refractivity contribution in [2.24, 2.45) is 5.73 Å². The monoisotopic (exact) mass is 283 g/mol. The Morgan fingerprint density at radius 1 is 1.00 bits per heavy atom. The molecule has 2 rings (SSSR count). The Morgan fingerprint density at radius 2 is 1.67 bits per heavy atom. The van der Waals surface area contributed by atoms with Crippen LogP contribution in [-0.4, -0.2) is 20.1 Å². The molecule has 0 radical (unpaired) electrons. The minimum atomic E-state index is 0.0700. The number of aryl methyl sites for hydroxylation is 1. The molecule has 2 aromatic rings. The molecule has 0 amide bonds. The zero-order valence-electron chi connectivity index (χ0n) is 12.7. The van der Waals surface area contributed by atoms with E-state index in [1.54, 1.807) is 0 Å². The number of hydrogen-bond acceptors (Lipinski definition) is 3. The van der Waals surface area contributed by atoms with Crippen LogP contribution in [0.15, 0.2) is 48.5 Å². The molecule has 3 nitrogen and oxygen atoms in total. The van der Waals surface area contributed by atoms with E-state index < -0.39 is 0 Å². The molecule has 2 aromatic carbocycles. The predicted molar refractivity (Wildman–Crippen MR) is 88.2 cm³/mol. The summed E-state index contributed by atoms with van der Waals surface area (Å²) in [5, 5.41) is 0. The summed E-state index contributed by atoms with van der Waals surface area (Å²) in [6, 6.07) is 16.4. The highest BCUT2D eigenvalue weighted by Crippen LogP contribution is 2.13. The molecule has 0 heterocycles. The van der Waals surface area contributed by atoms with Gasteiger partial charge < -0.3 is 15.1 Å². The molecule has 4 heteroatoms. The molecule has 110 valence electrons. The molecule has 0 atom stereocenters. The third-order valence-electron chi connectivity index (χ3n) is 3.36. The van der Waals surface area contributed by atoms with Crippen LogP contribution in [0.5, 0.6) is 5.75 Å². The minimum Gasteiger partial charge on any atom is -0.489 e. The lowest BCUT2D eigenvalue weighted by Crippen LogP contribution is -2.32. The predicted octanol–water partition coefficient (Wildman–Crippen LogP) is 2.38. The summed E-state index contributed by atoms with van der Waals surface area (Å²) < 4.78 is 11.4. The van der Waals surface area contributed by atoms with Gasteiger partial charge in [-0.1, -0.05) is 48.8 Å². The van der Waals surface area contributed by atoms with Crippen LogP contribution in [0.25, 0.3) is 0 Å². The van der Waals surface area contributed by atoms with Gasteiger partial charge in [-0.25, -0.2) is 0 Å². The normalized spacial score (nSPS) is 10.4. The fraction of sp³-hybridized carbons (Fsp3) is 0.294. The standard InChI is InChI=1S/C17H22BNO2/c1-14-3-9-17(10-4-14)20-13-15-5-7-16(8-6-15)18(2)21-12-11-19/h3-10H,11-13,19H2,1-2H3. The van der Waals surface area contributed by atoms with Gasteiger partial charge in [0.1, 0.15) is 12.4 Å². The number of benzene rings is 2. The van der Waals surface area contributed by atoms with Gasteiger partial charge in [-0.15, -0.1) is 0 Å². The van der Waals surface area contributed by atoms with Gasteiger partial charge in [0, 0.05) is 13.2 Å². The van der Waals surface area contributed by atoms with Crippen LogP contribution >= 0.6 is 0 Å². The minimum absolute atomic E-state index is 0.0700. The third kappa shape index (κ3) is 4.92. The fourth-order valence-corrected chi connectivity index (χ4v) is 2.03. The molecule has 21 heavy (non-hydrogen) atoms. The van der Waals surface area contributed by atoms with Crippen molar-refractivity contribution in [3.8, 4) is 5.75 Å². The topological polar surface area (TPSA) is 44.5 Å². The first-order chi connectivity index (χ1) is 10.2. The van der Waals surface area contributed by atoms with Crippen LogP contribution in [0.1, 0.15) is 11.1 Å². The average Bonchev–Trinajstić information content (AvgIpc) is 2.52. The van der Waals surface area contributed by atoms with Gasteiger partial charge in [-0.3, -0.25) is 0 Å². The van der Waals surface area contributed by atoms with Crippen molar-refractivity contribution in [1.82, 2.24) is 0 Å². The SMILES string of the molecule is CB(OCCN)c1ccc(COc2ccc(C)cc2)cc1. The zero-order chi connectivity index (χ0) is 15.1. The second-order valence-electron chi connectivity index (χ2n) is 5.15. The summed E-state index contributed by atoms with van der Waals surface area (Å²) in [7, 11) is 0. The van der Waals surface area contributed by atoms with Crippen molar-refractivity contribution in [2.75, 3.05) is 13.2 Å². The van der Waals surface area contributed by atoms with Crippen molar-refractivity contribution in [3.63, 3.8) is 0 Å². The molecule has 0 aliphatic carbocycles. The number of rotatable bonds is 7. The molecule has 0 saturated carbocycles. The van der Waals surface area contributed by atoms with Gasteiger partial charge in [0.15, 0.2) is 0 Å². The van der Waals surface area contributed by atoms with E-state index in [4.69, 9.17) is 15.1 Å². The Hall–Kier alpha value is -1.78. The van der Waals surface area contributed by atoms with E-state index in [9.17, 15) is 0 Å². The van der Waals surface area contributed by atoms with Crippen LogP contribution in [0.2, 0.25) is 6.82 Å². The van der Waals surface area contributed by atoms with Crippen molar-refractivity contribution in [2.45, 2.75) is 20.4 Å². The molecule has 0 aromatic heterocycles. The third-order valence-corrected chi connectivity index (χ3v) is 3.36. The van der Waals surface area contributed by atoms with Crippen molar-refractivity contribution < 1.29 is 9.39 Å². The van der Waals surface area contributed by atoms with Gasteiger partial charge in [0.05, 0.1) is 0 Å². The van der Waals surface area contributed by atoms with E-state index in [-0.39, 0.29) is 6.92 Å². The van der Waals surface area contributed by atoms with Crippen LogP contribution in [-0.2, 0) is 11.3 Å². The van der Waals surface area contributed by atoms with Crippen LogP contribution in [0, 0.1) is 6.92 Å². The first kappa shape index (κ1) is 15.6. The van der Waals surface area contributed by atoms with E-state index in [1.165, 1.54) is 5.56 Å². The molecule has 0 aliphatic heterocycles. The maximum absolute atomic E-state index is 5.76. The lowest BCUT2D eigenvalue weighted by molar-refractivity contribution is 0.306. The summed E-state index contributed by atoms with van der Waals surface area (Å²) in [5.41, 5.74) is 8.97. The Kier molecular flexibility index (Phi) is 5.84. The highest BCUT2D eigenvalue weighted by atomic mass is 16.5. The van der Waals surface area contributed by atoms with E-state index >= 15 is 0 Å². The van der Waals surface area contributed by atoms with E-state index in [1.807, 2.05) is 19.0 Å². The van der Waals surface area contributed by atoms with Gasteiger partial charge >= 0.3 is 6.92 Å². The molecular formula is C17H22BNO2. The number of hydrogen-bond donors (Lipinski definition) is 1. The van der Waals surface area contributed by atoms with Crippen LogP contribution in [0.3, 0.4) is 0 Å². The average molecular weight is 283 g/mol. The molecule has 0 fully saturated rings. The smallest absolute Gasteiger partial charge is 0.323 e. The first-order valence-corrected chi connectivity index (χ1v) is 7.29. The molecular weight excluding hydrogens is 261 g/mol. The van der Waals surface area contributed by atoms with Gasteiger partial charge in [0.2, 0.25) is 0 Å². The van der Waals surface area contributed by atoms with Gasteiger partial charge in [0.25, 0.3) is 0 Å². The Balaban J connectivity index is 1.88. The molecule has 2 N–H and O–H groups in total. The first-order valence-electron chi connectivity index (χ1n) is 7.29. The summed E-state index contributed by atoms with van der Waals surface area (Å²) in [5.74, 6) is 0.893. The molecule has 0 bridgehead atoms. The summed E-state index contributed by atoms with van der Waals surface area (Å²) >= 11 is 0. The maximum Gasteiger partial charge on any atom is 0.323 e. The zero-order valence-corrected chi connectivity index (χ0v) is 12.7. The lowest BCUT2D eigenvalue weighted by Gasteiger charge is -2.11. The fourth-order valence-electron chi connectivity index (χ4n) is 2.03. The van der Waals surface area contributed by atoms with Gasteiger partial charge in [-0.05, 0) is 30.1 Å². The van der Waals surface area contributed by atoms with Crippen LogP contribution in [0.4, 0.5) is 0 Å². The Labute approximate surface area is 127 Å². The molecule has 0 saturated heterocycles. The van der Waals surface area contributed by atoms with E-state index in [0.717, 1.165) is 16.8 Å². The summed E-state index contributed by atoms with van der Waals surface area (Å²) in [6.45, 7) is 5.87. The second-order valence-corrected chi connectivity index (χ2v) is 5.15. The van der Waals surface area contributed by atoms with Gasteiger partial charge in [-0.2, -0.15) is 0 Å². The molecule has 0 spiro atoms. The number of ether oxygens (including phenoxy) is 1. The van der Waals surface area contributed by atoms with Crippen LogP contribution < -0.4 is 15.9 Å². The summed E-state index contributed by atoms with van der Waals surface area (Å²) in [6.07, 6.45) is 0. The summed E-state index contributed by atoms with van der Waals surface area (Å²) in [4.78, 5) is 0. The Morgan fingerprint density at radius 3 is 2.29 bits per heavy atom. The number of nitrogens with two attached hydrogens (primary N) is 1. The maximum atomic E-state index is 5.76. The lowest BCUT2D eigenvalue weighted by atomic mass is 9.63.